The number of fused-ring (bicyclic) bond motifs is 1. The third-order valence-electron chi connectivity index (χ3n) is 3.69. The molecule has 6 nitrogen and oxygen atoms in total. The number of anilines is 1. The molecule has 0 radical (unpaired) electrons. The summed E-state index contributed by atoms with van der Waals surface area (Å²) in [5.41, 5.74) is 2.67. The number of para-hydroxylation sites is 1. The van der Waals surface area contributed by atoms with E-state index in [9.17, 15) is 4.79 Å². The maximum absolute atomic E-state index is 12.2. The number of aromatic nitrogens is 3. The lowest BCUT2D eigenvalue weighted by molar-refractivity contribution is 0.0949. The first-order valence-corrected chi connectivity index (χ1v) is 8.05. The standard InChI is InChI=1S/C18H21N5O/c1-12(2)23-17-9-16(21-11-22-17)18(24)19-8-7-13-10-20-15-6-4-3-5-14(13)15/h3-6,9-12,20H,7-8H2,1-2H3,(H,19,24)(H,21,22,23). The van der Waals surface area contributed by atoms with Crippen LogP contribution in [0.4, 0.5) is 5.82 Å². The molecular formula is C18H21N5O. The lowest BCUT2D eigenvalue weighted by Gasteiger charge is -2.09. The first-order valence-electron chi connectivity index (χ1n) is 8.05. The second-order valence-electron chi connectivity index (χ2n) is 5.95. The SMILES string of the molecule is CC(C)Nc1cc(C(=O)NCCc2c[nH]c3ccccc23)ncn1. The zero-order valence-electron chi connectivity index (χ0n) is 13.8. The topological polar surface area (TPSA) is 82.7 Å². The first kappa shape index (κ1) is 16.0. The normalized spacial score (nSPS) is 11.0. The summed E-state index contributed by atoms with van der Waals surface area (Å²) in [6.07, 6.45) is 4.16. The van der Waals surface area contributed by atoms with Gasteiger partial charge >= 0.3 is 0 Å². The van der Waals surface area contributed by atoms with E-state index >= 15 is 0 Å². The predicted molar refractivity (Wildman–Crippen MR) is 95.1 cm³/mol. The van der Waals surface area contributed by atoms with E-state index < -0.39 is 0 Å². The van der Waals surface area contributed by atoms with Crippen LogP contribution in [-0.2, 0) is 6.42 Å². The van der Waals surface area contributed by atoms with E-state index in [4.69, 9.17) is 0 Å². The van der Waals surface area contributed by atoms with Crippen LogP contribution in [0.1, 0.15) is 29.9 Å². The molecular weight excluding hydrogens is 302 g/mol. The predicted octanol–water partition coefficient (Wildman–Crippen LogP) is 2.75. The van der Waals surface area contributed by atoms with Crippen LogP contribution in [0.2, 0.25) is 0 Å². The van der Waals surface area contributed by atoms with Crippen LogP contribution in [0, 0.1) is 0 Å². The van der Waals surface area contributed by atoms with Crippen LogP contribution < -0.4 is 10.6 Å². The molecule has 3 aromatic rings. The number of benzene rings is 1. The van der Waals surface area contributed by atoms with Crippen molar-refractivity contribution in [3.63, 3.8) is 0 Å². The zero-order valence-corrected chi connectivity index (χ0v) is 13.8. The summed E-state index contributed by atoms with van der Waals surface area (Å²) < 4.78 is 0. The lowest BCUT2D eigenvalue weighted by Crippen LogP contribution is -2.26. The van der Waals surface area contributed by atoms with Gasteiger partial charge in [0.1, 0.15) is 17.8 Å². The molecule has 0 bridgehead atoms. The molecule has 124 valence electrons. The number of rotatable bonds is 6. The van der Waals surface area contributed by atoms with Crippen LogP contribution in [0.3, 0.4) is 0 Å². The molecule has 0 atom stereocenters. The smallest absolute Gasteiger partial charge is 0.270 e. The van der Waals surface area contributed by atoms with Crippen LogP contribution >= 0.6 is 0 Å². The van der Waals surface area contributed by atoms with Gasteiger partial charge in [0.25, 0.3) is 5.91 Å². The molecule has 3 rings (SSSR count). The number of hydrogen-bond acceptors (Lipinski definition) is 4. The number of H-pyrrole nitrogens is 1. The summed E-state index contributed by atoms with van der Waals surface area (Å²) in [6, 6.07) is 10.1. The van der Waals surface area contributed by atoms with Gasteiger partial charge in [0, 0.05) is 35.8 Å². The fourth-order valence-electron chi connectivity index (χ4n) is 2.60. The maximum Gasteiger partial charge on any atom is 0.270 e. The number of hydrogen-bond donors (Lipinski definition) is 3. The van der Waals surface area contributed by atoms with Gasteiger partial charge in [-0.2, -0.15) is 0 Å². The molecule has 1 amide bonds. The van der Waals surface area contributed by atoms with Gasteiger partial charge in [-0.05, 0) is 31.9 Å². The highest BCUT2D eigenvalue weighted by molar-refractivity contribution is 5.92. The summed E-state index contributed by atoms with van der Waals surface area (Å²) >= 11 is 0. The fraction of sp³-hybridized carbons (Fsp3) is 0.278. The molecule has 24 heavy (non-hydrogen) atoms. The number of nitrogens with one attached hydrogen (secondary N) is 3. The lowest BCUT2D eigenvalue weighted by atomic mass is 10.1. The van der Waals surface area contributed by atoms with E-state index in [1.165, 1.54) is 17.3 Å². The van der Waals surface area contributed by atoms with Gasteiger partial charge in [0.15, 0.2) is 0 Å². The summed E-state index contributed by atoms with van der Waals surface area (Å²) in [6.45, 7) is 4.59. The van der Waals surface area contributed by atoms with E-state index in [1.807, 2.05) is 38.2 Å². The fourth-order valence-corrected chi connectivity index (χ4v) is 2.60. The molecule has 6 heteroatoms. The minimum absolute atomic E-state index is 0.191. The summed E-state index contributed by atoms with van der Waals surface area (Å²) in [4.78, 5) is 23.6. The van der Waals surface area contributed by atoms with Crippen molar-refractivity contribution >= 4 is 22.6 Å². The van der Waals surface area contributed by atoms with Crippen LogP contribution in [0.5, 0.6) is 0 Å². The van der Waals surface area contributed by atoms with Gasteiger partial charge in [-0.25, -0.2) is 9.97 Å². The van der Waals surface area contributed by atoms with Crippen molar-refractivity contribution < 1.29 is 4.79 Å². The number of amides is 1. The third kappa shape index (κ3) is 3.71. The van der Waals surface area contributed by atoms with Crippen LogP contribution in [0.25, 0.3) is 10.9 Å². The van der Waals surface area contributed by atoms with Crippen LogP contribution in [0.15, 0.2) is 42.9 Å². The largest absolute Gasteiger partial charge is 0.368 e. The van der Waals surface area contributed by atoms with Crippen molar-refractivity contribution in [1.82, 2.24) is 20.3 Å². The van der Waals surface area contributed by atoms with Gasteiger partial charge < -0.3 is 15.6 Å². The summed E-state index contributed by atoms with van der Waals surface area (Å²) in [7, 11) is 0. The Morgan fingerprint density at radius 3 is 2.92 bits per heavy atom. The minimum atomic E-state index is -0.191. The highest BCUT2D eigenvalue weighted by Crippen LogP contribution is 2.17. The Bertz CT molecular complexity index is 840. The van der Waals surface area contributed by atoms with Gasteiger partial charge in [-0.3, -0.25) is 4.79 Å². The monoisotopic (exact) mass is 323 g/mol. The van der Waals surface area contributed by atoms with Gasteiger partial charge in [0.2, 0.25) is 0 Å². The van der Waals surface area contributed by atoms with Crippen molar-refractivity contribution in [2.45, 2.75) is 26.3 Å². The van der Waals surface area contributed by atoms with Gasteiger partial charge in [-0.15, -0.1) is 0 Å². The highest BCUT2D eigenvalue weighted by atomic mass is 16.1. The van der Waals surface area contributed by atoms with E-state index in [2.05, 4.69) is 31.7 Å². The van der Waals surface area contributed by atoms with Crippen molar-refractivity contribution in [3.8, 4) is 0 Å². The molecule has 0 saturated carbocycles. The second kappa shape index (κ2) is 7.12. The highest BCUT2D eigenvalue weighted by Gasteiger charge is 2.09. The molecule has 0 spiro atoms. The quantitative estimate of drug-likeness (QED) is 0.651. The first-order chi connectivity index (χ1) is 11.6. The Labute approximate surface area is 140 Å². The van der Waals surface area contributed by atoms with Crippen molar-refractivity contribution in [3.05, 3.63) is 54.1 Å². The molecule has 1 aromatic carbocycles. The molecule has 0 fully saturated rings. The average Bonchev–Trinajstić information content (AvgIpc) is 2.98. The maximum atomic E-state index is 12.2. The number of carbonyl (C=O) groups excluding carboxylic acids is 1. The second-order valence-corrected chi connectivity index (χ2v) is 5.95. The number of nitrogens with zero attached hydrogens (tertiary/aromatic N) is 2. The Hall–Kier alpha value is -2.89. The van der Waals surface area contributed by atoms with E-state index in [0.717, 1.165) is 11.9 Å². The Kier molecular flexibility index (Phi) is 4.74. The Morgan fingerprint density at radius 2 is 2.08 bits per heavy atom. The third-order valence-corrected chi connectivity index (χ3v) is 3.69. The molecule has 0 aliphatic heterocycles. The number of carbonyl (C=O) groups is 1. The molecule has 0 unspecified atom stereocenters. The van der Waals surface area contributed by atoms with Crippen LogP contribution in [-0.4, -0.2) is 33.4 Å². The zero-order chi connectivity index (χ0) is 16.9. The van der Waals surface area contributed by atoms with E-state index in [0.29, 0.717) is 18.1 Å². The van der Waals surface area contributed by atoms with Crippen molar-refractivity contribution in [1.29, 1.82) is 0 Å². The molecule has 0 saturated heterocycles. The van der Waals surface area contributed by atoms with Crippen molar-refractivity contribution in [2.24, 2.45) is 0 Å². The Balaban J connectivity index is 1.59. The number of aromatic amines is 1. The molecule has 3 N–H and O–H groups in total. The van der Waals surface area contributed by atoms with Crippen molar-refractivity contribution in [2.75, 3.05) is 11.9 Å². The van der Waals surface area contributed by atoms with E-state index in [-0.39, 0.29) is 11.9 Å². The van der Waals surface area contributed by atoms with Gasteiger partial charge in [0.05, 0.1) is 0 Å². The average molecular weight is 323 g/mol. The molecule has 0 aliphatic rings. The summed E-state index contributed by atoms with van der Waals surface area (Å²) in [5, 5.41) is 7.27. The minimum Gasteiger partial charge on any atom is -0.368 e. The molecule has 2 heterocycles. The molecule has 2 aromatic heterocycles. The van der Waals surface area contributed by atoms with E-state index in [1.54, 1.807) is 6.07 Å². The van der Waals surface area contributed by atoms with Gasteiger partial charge in [-0.1, -0.05) is 18.2 Å². The summed E-state index contributed by atoms with van der Waals surface area (Å²) in [5.74, 6) is 0.464. The Morgan fingerprint density at radius 1 is 1.25 bits per heavy atom. The molecule has 0 aliphatic carbocycles.